The number of carbonyl (C=O) groups excluding carboxylic acids is 1. The summed E-state index contributed by atoms with van der Waals surface area (Å²) in [6, 6.07) is 0. The van der Waals surface area contributed by atoms with Gasteiger partial charge in [-0.1, -0.05) is 0 Å². The summed E-state index contributed by atoms with van der Waals surface area (Å²) in [6.07, 6.45) is 4.08. The van der Waals surface area contributed by atoms with Crippen LogP contribution in [-0.2, 0) is 23.1 Å². The van der Waals surface area contributed by atoms with Crippen LogP contribution in [0.5, 0.6) is 0 Å². The standard InChI is InChI=1S/C13H21O5P/c1-4-16-19(15,17-5-2)10-12-7-6-8-13(9-12)18-11(3)14/h9-10H,4-8H2,1-3H3/b12-10-. The highest BCUT2D eigenvalue weighted by Gasteiger charge is 2.22. The molecule has 0 saturated heterocycles. The molecule has 0 amide bonds. The summed E-state index contributed by atoms with van der Waals surface area (Å²) in [5, 5.41) is 0. The van der Waals surface area contributed by atoms with E-state index in [0.717, 1.165) is 18.4 Å². The molecule has 0 aliphatic heterocycles. The molecule has 0 aromatic carbocycles. The Bertz CT molecular complexity index is 415. The van der Waals surface area contributed by atoms with Gasteiger partial charge in [-0.05, 0) is 38.3 Å². The van der Waals surface area contributed by atoms with E-state index in [9.17, 15) is 9.36 Å². The molecule has 6 heteroatoms. The lowest BCUT2D eigenvalue weighted by Crippen LogP contribution is -2.04. The van der Waals surface area contributed by atoms with Gasteiger partial charge >= 0.3 is 13.6 Å². The van der Waals surface area contributed by atoms with Gasteiger partial charge in [-0.25, -0.2) is 0 Å². The third-order valence-electron chi connectivity index (χ3n) is 2.45. The van der Waals surface area contributed by atoms with E-state index in [0.29, 0.717) is 25.4 Å². The zero-order chi connectivity index (χ0) is 14.3. The van der Waals surface area contributed by atoms with Crippen molar-refractivity contribution in [1.29, 1.82) is 0 Å². The topological polar surface area (TPSA) is 61.8 Å². The maximum atomic E-state index is 12.4. The number of carbonyl (C=O) groups is 1. The molecule has 108 valence electrons. The normalized spacial score (nSPS) is 18.3. The minimum atomic E-state index is -3.20. The van der Waals surface area contributed by atoms with Crippen molar-refractivity contribution >= 4 is 13.6 Å². The predicted molar refractivity (Wildman–Crippen MR) is 72.6 cm³/mol. The van der Waals surface area contributed by atoms with Crippen LogP contribution in [0.1, 0.15) is 40.0 Å². The van der Waals surface area contributed by atoms with Gasteiger partial charge in [0.25, 0.3) is 0 Å². The number of allylic oxidation sites excluding steroid dienone is 3. The fourth-order valence-corrected chi connectivity index (χ4v) is 3.41. The van der Waals surface area contributed by atoms with E-state index in [4.69, 9.17) is 13.8 Å². The van der Waals surface area contributed by atoms with Crippen molar-refractivity contribution in [2.24, 2.45) is 0 Å². The van der Waals surface area contributed by atoms with Gasteiger partial charge in [0.2, 0.25) is 0 Å². The molecule has 1 rings (SSSR count). The van der Waals surface area contributed by atoms with Crippen LogP contribution in [0.4, 0.5) is 0 Å². The van der Waals surface area contributed by atoms with Crippen molar-refractivity contribution in [2.75, 3.05) is 13.2 Å². The average molecular weight is 288 g/mol. The number of rotatable bonds is 6. The quantitative estimate of drug-likeness (QED) is 0.550. The van der Waals surface area contributed by atoms with Gasteiger partial charge in [-0.15, -0.1) is 0 Å². The SMILES string of the molecule is CCOP(=O)(/C=C1\C=C(OC(C)=O)CCC1)OCC. The van der Waals surface area contributed by atoms with Gasteiger partial charge in [0, 0.05) is 19.2 Å². The van der Waals surface area contributed by atoms with Crippen molar-refractivity contribution in [1.82, 2.24) is 0 Å². The highest BCUT2D eigenvalue weighted by atomic mass is 31.2. The smallest absolute Gasteiger partial charge is 0.354 e. The minimum absolute atomic E-state index is 0.321. The molecule has 0 unspecified atom stereocenters. The molecule has 0 saturated carbocycles. The molecule has 1 aliphatic rings. The fourth-order valence-electron chi connectivity index (χ4n) is 1.86. The van der Waals surface area contributed by atoms with Crippen molar-refractivity contribution in [3.63, 3.8) is 0 Å². The molecule has 0 fully saturated rings. The van der Waals surface area contributed by atoms with E-state index in [-0.39, 0.29) is 5.97 Å². The first kappa shape index (κ1) is 16.2. The number of ether oxygens (including phenoxy) is 1. The van der Waals surface area contributed by atoms with Gasteiger partial charge in [0.15, 0.2) is 0 Å². The lowest BCUT2D eigenvalue weighted by Gasteiger charge is -2.17. The van der Waals surface area contributed by atoms with Crippen LogP contribution in [0.15, 0.2) is 23.2 Å². The van der Waals surface area contributed by atoms with Crippen LogP contribution in [0, 0.1) is 0 Å². The highest BCUT2D eigenvalue weighted by molar-refractivity contribution is 7.57. The molecule has 1 aliphatic carbocycles. The molecular formula is C13H21O5P. The summed E-state index contributed by atoms with van der Waals surface area (Å²) in [7, 11) is -3.20. The summed E-state index contributed by atoms with van der Waals surface area (Å²) in [4.78, 5) is 10.9. The lowest BCUT2D eigenvalue weighted by molar-refractivity contribution is -0.137. The third-order valence-corrected chi connectivity index (χ3v) is 4.34. The monoisotopic (exact) mass is 288 g/mol. The van der Waals surface area contributed by atoms with Gasteiger partial charge in [-0.3, -0.25) is 9.36 Å². The van der Waals surface area contributed by atoms with Crippen LogP contribution >= 0.6 is 7.60 Å². The second kappa shape index (κ2) is 7.63. The summed E-state index contributed by atoms with van der Waals surface area (Å²) in [5.74, 6) is 1.79. The molecule has 19 heavy (non-hydrogen) atoms. The Hall–Kier alpha value is -0.900. The molecule has 0 aromatic rings. The molecule has 5 nitrogen and oxygen atoms in total. The number of hydrogen-bond donors (Lipinski definition) is 0. The molecule has 0 N–H and O–H groups in total. The summed E-state index contributed by atoms with van der Waals surface area (Å²) >= 11 is 0. The second-order valence-electron chi connectivity index (χ2n) is 4.14. The van der Waals surface area contributed by atoms with E-state index in [1.807, 2.05) is 0 Å². The van der Waals surface area contributed by atoms with E-state index < -0.39 is 7.60 Å². The van der Waals surface area contributed by atoms with Gasteiger partial charge in [0.05, 0.1) is 13.2 Å². The Morgan fingerprint density at radius 3 is 2.47 bits per heavy atom. The maximum Gasteiger partial charge on any atom is 0.354 e. The fraction of sp³-hybridized carbons (Fsp3) is 0.615. The Balaban J connectivity index is 2.89. The Kier molecular flexibility index (Phi) is 6.49. The van der Waals surface area contributed by atoms with Crippen LogP contribution in [0.25, 0.3) is 0 Å². The van der Waals surface area contributed by atoms with Crippen molar-refractivity contribution in [3.8, 4) is 0 Å². The third kappa shape index (κ3) is 5.72. The van der Waals surface area contributed by atoms with Crippen molar-refractivity contribution < 1.29 is 23.1 Å². The molecule has 0 atom stereocenters. The summed E-state index contributed by atoms with van der Waals surface area (Å²) in [5.41, 5.74) is 0.827. The van der Waals surface area contributed by atoms with Crippen LogP contribution in [0.3, 0.4) is 0 Å². The van der Waals surface area contributed by atoms with Crippen molar-refractivity contribution in [2.45, 2.75) is 40.0 Å². The zero-order valence-corrected chi connectivity index (χ0v) is 12.6. The van der Waals surface area contributed by atoms with E-state index in [1.54, 1.807) is 19.9 Å². The Labute approximate surface area is 114 Å². The first-order chi connectivity index (χ1) is 8.99. The summed E-state index contributed by atoms with van der Waals surface area (Å²) < 4.78 is 27.8. The average Bonchev–Trinajstić information content (AvgIpc) is 2.28. The molecule has 0 spiro atoms. The second-order valence-corrected chi connectivity index (χ2v) is 5.99. The van der Waals surface area contributed by atoms with Gasteiger partial charge < -0.3 is 13.8 Å². The maximum absolute atomic E-state index is 12.4. The highest BCUT2D eigenvalue weighted by Crippen LogP contribution is 2.51. The largest absolute Gasteiger partial charge is 0.431 e. The van der Waals surface area contributed by atoms with Crippen LogP contribution < -0.4 is 0 Å². The van der Waals surface area contributed by atoms with Crippen molar-refractivity contribution in [3.05, 3.63) is 23.2 Å². The lowest BCUT2D eigenvalue weighted by atomic mass is 10.0. The van der Waals surface area contributed by atoms with Gasteiger partial charge in [-0.2, -0.15) is 0 Å². The van der Waals surface area contributed by atoms with E-state index in [1.165, 1.54) is 12.7 Å². The van der Waals surface area contributed by atoms with E-state index >= 15 is 0 Å². The number of hydrogen-bond acceptors (Lipinski definition) is 5. The van der Waals surface area contributed by atoms with Crippen LogP contribution in [0.2, 0.25) is 0 Å². The molecule has 0 radical (unpaired) electrons. The molecular weight excluding hydrogens is 267 g/mol. The molecule has 0 aromatic heterocycles. The van der Waals surface area contributed by atoms with Gasteiger partial charge in [0.1, 0.15) is 5.76 Å². The molecule has 0 bridgehead atoms. The van der Waals surface area contributed by atoms with E-state index in [2.05, 4.69) is 0 Å². The first-order valence-electron chi connectivity index (χ1n) is 6.48. The summed E-state index contributed by atoms with van der Waals surface area (Å²) in [6.45, 7) is 5.55. The number of esters is 1. The first-order valence-corrected chi connectivity index (χ1v) is 8.09. The Morgan fingerprint density at radius 2 is 1.95 bits per heavy atom. The Morgan fingerprint density at radius 1 is 1.32 bits per heavy atom. The van der Waals surface area contributed by atoms with Crippen LogP contribution in [-0.4, -0.2) is 19.2 Å². The molecule has 0 heterocycles. The predicted octanol–water partition coefficient (Wildman–Crippen LogP) is 3.77. The minimum Gasteiger partial charge on any atom is -0.431 e. The zero-order valence-electron chi connectivity index (χ0n) is 11.7.